The molecule has 4 aromatic rings. The second-order valence-corrected chi connectivity index (χ2v) is 6.11. The van der Waals surface area contributed by atoms with E-state index in [0.29, 0.717) is 28.2 Å². The number of aromatic hydroxyl groups is 2. The molecule has 10 nitrogen and oxygen atoms in total. The zero-order chi connectivity index (χ0) is 20.9. The lowest BCUT2D eigenvalue weighted by molar-refractivity contribution is 0.403. The summed E-state index contributed by atoms with van der Waals surface area (Å²) in [6.07, 6.45) is 4.27. The average molecular weight is 403 g/mol. The Kier molecular flexibility index (Phi) is 5.20. The quantitative estimate of drug-likeness (QED) is 0.217. The van der Waals surface area contributed by atoms with Crippen molar-refractivity contribution in [3.05, 3.63) is 60.7 Å². The Hall–Kier alpha value is -4.47. The van der Waals surface area contributed by atoms with E-state index in [1.807, 2.05) is 24.3 Å². The predicted octanol–water partition coefficient (Wildman–Crippen LogP) is 3.03. The summed E-state index contributed by atoms with van der Waals surface area (Å²) in [6, 6.07) is 11.8. The van der Waals surface area contributed by atoms with Crippen LogP contribution < -0.4 is 15.5 Å². The zero-order valence-electron chi connectivity index (χ0n) is 15.8. The van der Waals surface area contributed by atoms with Gasteiger partial charge in [0, 0.05) is 5.69 Å². The first-order valence-electron chi connectivity index (χ1n) is 8.82. The highest BCUT2D eigenvalue weighted by Crippen LogP contribution is 2.26. The van der Waals surface area contributed by atoms with Gasteiger partial charge in [0.1, 0.15) is 29.4 Å². The van der Waals surface area contributed by atoms with Gasteiger partial charge in [-0.3, -0.25) is 5.43 Å². The Morgan fingerprint density at radius 3 is 2.27 bits per heavy atom. The van der Waals surface area contributed by atoms with Crippen LogP contribution in [0.4, 0.5) is 17.3 Å². The molecule has 0 unspecified atom stereocenters. The van der Waals surface area contributed by atoms with Crippen LogP contribution in [0.15, 0.2) is 60.2 Å². The molecule has 0 bridgehead atoms. The van der Waals surface area contributed by atoms with E-state index in [1.165, 1.54) is 31.0 Å². The Balaban J connectivity index is 1.58. The largest absolute Gasteiger partial charge is 0.504 e. The van der Waals surface area contributed by atoms with Gasteiger partial charge in [0.25, 0.3) is 0 Å². The molecular formula is C20H17N7O3. The van der Waals surface area contributed by atoms with Crippen LogP contribution in [0, 0.1) is 0 Å². The van der Waals surface area contributed by atoms with Crippen molar-refractivity contribution >= 4 is 34.6 Å². The van der Waals surface area contributed by atoms with Gasteiger partial charge in [-0.1, -0.05) is 0 Å². The highest BCUT2D eigenvalue weighted by atomic mass is 16.5. The summed E-state index contributed by atoms with van der Waals surface area (Å²) in [6.45, 7) is 0. The van der Waals surface area contributed by atoms with E-state index in [2.05, 4.69) is 35.8 Å². The van der Waals surface area contributed by atoms with Crippen LogP contribution in [0.2, 0.25) is 0 Å². The van der Waals surface area contributed by atoms with Gasteiger partial charge < -0.3 is 20.3 Å². The molecule has 0 fully saturated rings. The molecule has 0 spiro atoms. The van der Waals surface area contributed by atoms with Gasteiger partial charge in [-0.15, -0.1) is 0 Å². The first-order valence-corrected chi connectivity index (χ1v) is 8.82. The molecule has 0 amide bonds. The Bertz CT molecular complexity index is 1210. The van der Waals surface area contributed by atoms with E-state index in [9.17, 15) is 10.2 Å². The lowest BCUT2D eigenvalue weighted by atomic mass is 10.2. The zero-order valence-corrected chi connectivity index (χ0v) is 15.8. The monoisotopic (exact) mass is 403 g/mol. The lowest BCUT2D eigenvalue weighted by Gasteiger charge is -2.09. The highest BCUT2D eigenvalue weighted by molar-refractivity contribution is 5.93. The number of phenols is 2. The second kappa shape index (κ2) is 8.27. The number of hydrogen-bond acceptors (Lipinski definition) is 10. The molecule has 150 valence electrons. The van der Waals surface area contributed by atoms with Gasteiger partial charge in [0.05, 0.1) is 13.3 Å². The van der Waals surface area contributed by atoms with E-state index in [4.69, 9.17) is 4.74 Å². The maximum Gasteiger partial charge on any atom is 0.176 e. The van der Waals surface area contributed by atoms with Gasteiger partial charge in [-0.2, -0.15) is 5.10 Å². The van der Waals surface area contributed by atoms with Crippen molar-refractivity contribution in [1.82, 2.24) is 19.9 Å². The van der Waals surface area contributed by atoms with Crippen LogP contribution in [0.1, 0.15) is 5.56 Å². The number of rotatable bonds is 6. The second-order valence-electron chi connectivity index (χ2n) is 6.11. The molecule has 10 heteroatoms. The number of phenolic OH excluding ortho intramolecular Hbond substituents is 2. The van der Waals surface area contributed by atoms with Crippen molar-refractivity contribution in [1.29, 1.82) is 0 Å². The average Bonchev–Trinajstić information content (AvgIpc) is 2.77. The van der Waals surface area contributed by atoms with Gasteiger partial charge in [-0.05, 0) is 48.0 Å². The summed E-state index contributed by atoms with van der Waals surface area (Å²) in [5.41, 5.74) is 5.22. The van der Waals surface area contributed by atoms with Crippen molar-refractivity contribution in [3.8, 4) is 17.2 Å². The fourth-order valence-corrected chi connectivity index (χ4v) is 2.65. The topological polar surface area (TPSA) is 138 Å². The Morgan fingerprint density at radius 1 is 0.867 bits per heavy atom. The van der Waals surface area contributed by atoms with Gasteiger partial charge in [-0.25, -0.2) is 19.9 Å². The number of benzene rings is 2. The van der Waals surface area contributed by atoms with Crippen molar-refractivity contribution in [3.63, 3.8) is 0 Å². The van der Waals surface area contributed by atoms with Crippen LogP contribution in [0.3, 0.4) is 0 Å². The molecule has 2 aromatic carbocycles. The maximum atomic E-state index is 9.56. The molecule has 2 aromatic heterocycles. The Labute approximate surface area is 171 Å². The van der Waals surface area contributed by atoms with Gasteiger partial charge in [0.15, 0.2) is 23.1 Å². The van der Waals surface area contributed by atoms with Gasteiger partial charge in [0.2, 0.25) is 0 Å². The van der Waals surface area contributed by atoms with Crippen molar-refractivity contribution < 1.29 is 14.9 Å². The van der Waals surface area contributed by atoms with Crippen molar-refractivity contribution in [2.45, 2.75) is 0 Å². The normalized spacial score (nSPS) is 11.0. The third-order valence-electron chi connectivity index (χ3n) is 4.16. The predicted molar refractivity (Wildman–Crippen MR) is 112 cm³/mol. The number of ether oxygens (including phenoxy) is 1. The minimum atomic E-state index is -0.228. The number of anilines is 3. The van der Waals surface area contributed by atoms with Crippen LogP contribution in [-0.4, -0.2) is 43.5 Å². The first-order chi connectivity index (χ1) is 14.6. The number of aromatic nitrogens is 4. The standard InChI is InChI=1S/C20H17N7O3/c1-30-14-5-3-13(4-6-14)26-19-17-18(22-10-23-19)20(24-11-21-17)27-25-9-12-2-7-15(28)16(29)8-12/h2-11,28-29H,1H3,(H,21,24,27)(H,22,23,26). The summed E-state index contributed by atoms with van der Waals surface area (Å²) in [5.74, 6) is 1.23. The number of fused-ring (bicyclic) bond motifs is 1. The van der Waals surface area contributed by atoms with Gasteiger partial charge >= 0.3 is 0 Å². The van der Waals surface area contributed by atoms with E-state index < -0.39 is 0 Å². The summed E-state index contributed by atoms with van der Waals surface area (Å²) >= 11 is 0. The fraction of sp³-hybridized carbons (Fsp3) is 0.0500. The van der Waals surface area contributed by atoms with Crippen LogP contribution in [-0.2, 0) is 0 Å². The van der Waals surface area contributed by atoms with Crippen LogP contribution in [0.25, 0.3) is 11.0 Å². The Morgan fingerprint density at radius 2 is 1.57 bits per heavy atom. The summed E-state index contributed by atoms with van der Waals surface area (Å²) in [7, 11) is 1.61. The SMILES string of the molecule is COc1ccc(Nc2ncnc3c(NN=Cc4ccc(O)c(O)c4)ncnc23)cc1. The minimum Gasteiger partial charge on any atom is -0.504 e. The molecular weight excluding hydrogens is 386 g/mol. The summed E-state index contributed by atoms with van der Waals surface area (Å²) in [5, 5.41) is 26.2. The van der Waals surface area contributed by atoms with E-state index in [1.54, 1.807) is 13.2 Å². The smallest absolute Gasteiger partial charge is 0.176 e. The molecule has 0 saturated heterocycles. The molecule has 0 saturated carbocycles. The molecule has 4 rings (SSSR count). The maximum absolute atomic E-state index is 9.56. The van der Waals surface area contributed by atoms with E-state index in [-0.39, 0.29) is 11.5 Å². The fourth-order valence-electron chi connectivity index (χ4n) is 2.65. The minimum absolute atomic E-state index is 0.199. The highest BCUT2D eigenvalue weighted by Gasteiger charge is 2.10. The number of nitrogens with zero attached hydrogens (tertiary/aromatic N) is 5. The van der Waals surface area contributed by atoms with Crippen LogP contribution in [0.5, 0.6) is 17.2 Å². The third kappa shape index (κ3) is 4.02. The lowest BCUT2D eigenvalue weighted by Crippen LogP contribution is -2.02. The molecule has 30 heavy (non-hydrogen) atoms. The van der Waals surface area contributed by atoms with Crippen LogP contribution >= 0.6 is 0 Å². The van der Waals surface area contributed by atoms with E-state index >= 15 is 0 Å². The third-order valence-corrected chi connectivity index (χ3v) is 4.16. The van der Waals surface area contributed by atoms with Crippen molar-refractivity contribution in [2.75, 3.05) is 17.9 Å². The first kappa shape index (κ1) is 18.9. The molecule has 0 aliphatic heterocycles. The summed E-state index contributed by atoms with van der Waals surface area (Å²) in [4.78, 5) is 17.0. The van der Waals surface area contributed by atoms with Crippen molar-refractivity contribution in [2.24, 2.45) is 5.10 Å². The van der Waals surface area contributed by atoms with E-state index in [0.717, 1.165) is 11.4 Å². The molecule has 4 N–H and O–H groups in total. The molecule has 0 aliphatic rings. The number of hydrazone groups is 1. The molecule has 0 atom stereocenters. The number of methoxy groups -OCH3 is 1. The number of hydrogen-bond donors (Lipinski definition) is 4. The molecule has 0 aliphatic carbocycles. The summed E-state index contributed by atoms with van der Waals surface area (Å²) < 4.78 is 5.17. The molecule has 0 radical (unpaired) electrons. The number of nitrogens with one attached hydrogen (secondary N) is 2. The molecule has 2 heterocycles.